The van der Waals surface area contributed by atoms with E-state index in [4.69, 9.17) is 22.4 Å². The van der Waals surface area contributed by atoms with Crippen molar-refractivity contribution in [3.63, 3.8) is 0 Å². The van der Waals surface area contributed by atoms with Gasteiger partial charge in [-0.15, -0.1) is 0 Å². The van der Waals surface area contributed by atoms with Crippen molar-refractivity contribution in [2.45, 2.75) is 32.2 Å². The first-order valence-electron chi connectivity index (χ1n) is 6.01. The highest BCUT2D eigenvalue weighted by Gasteiger charge is 2.13. The molecule has 0 saturated heterocycles. The van der Waals surface area contributed by atoms with E-state index >= 15 is 0 Å². The van der Waals surface area contributed by atoms with Crippen LogP contribution in [-0.4, -0.2) is 23.0 Å². The van der Waals surface area contributed by atoms with Crippen molar-refractivity contribution < 1.29 is 14.7 Å². The Labute approximate surface area is 116 Å². The van der Waals surface area contributed by atoms with Gasteiger partial charge >= 0.3 is 5.97 Å². The second-order valence-corrected chi connectivity index (χ2v) is 4.69. The van der Waals surface area contributed by atoms with Gasteiger partial charge in [0.05, 0.1) is 17.0 Å². The van der Waals surface area contributed by atoms with Crippen molar-refractivity contribution in [1.82, 2.24) is 0 Å². The second kappa shape index (κ2) is 6.99. The van der Waals surface area contributed by atoms with Gasteiger partial charge in [0.2, 0.25) is 5.91 Å². The van der Waals surface area contributed by atoms with Crippen LogP contribution in [0.5, 0.6) is 0 Å². The van der Waals surface area contributed by atoms with E-state index in [2.05, 4.69) is 5.32 Å². The minimum Gasteiger partial charge on any atom is -0.481 e. The number of primary amides is 1. The van der Waals surface area contributed by atoms with Crippen LogP contribution in [0.1, 0.15) is 36.5 Å². The van der Waals surface area contributed by atoms with Crippen molar-refractivity contribution in [3.05, 3.63) is 28.8 Å². The molecule has 4 N–H and O–H groups in total. The van der Waals surface area contributed by atoms with Crippen molar-refractivity contribution in [1.29, 1.82) is 0 Å². The van der Waals surface area contributed by atoms with E-state index in [0.717, 1.165) is 12.8 Å². The first kappa shape index (κ1) is 15.3. The maximum atomic E-state index is 11.0. The van der Waals surface area contributed by atoms with E-state index in [1.807, 2.05) is 6.92 Å². The van der Waals surface area contributed by atoms with E-state index in [-0.39, 0.29) is 23.0 Å². The minimum absolute atomic E-state index is 0.0308. The summed E-state index contributed by atoms with van der Waals surface area (Å²) in [6.45, 7) is 1.99. The first-order valence-corrected chi connectivity index (χ1v) is 6.39. The summed E-state index contributed by atoms with van der Waals surface area (Å²) in [5, 5.41) is 12.2. The number of rotatable bonds is 7. The van der Waals surface area contributed by atoms with Crippen LogP contribution in [0.2, 0.25) is 5.02 Å². The number of anilines is 1. The van der Waals surface area contributed by atoms with Crippen LogP contribution in [0.3, 0.4) is 0 Å². The summed E-state index contributed by atoms with van der Waals surface area (Å²) in [6, 6.07) is 4.59. The Bertz CT molecular complexity index is 477. The van der Waals surface area contributed by atoms with E-state index in [1.54, 1.807) is 12.1 Å². The Hall–Kier alpha value is -1.75. The lowest BCUT2D eigenvalue weighted by Gasteiger charge is -2.18. The summed E-state index contributed by atoms with van der Waals surface area (Å²) in [7, 11) is 0. The zero-order valence-corrected chi connectivity index (χ0v) is 11.4. The van der Waals surface area contributed by atoms with Crippen LogP contribution in [0, 0.1) is 0 Å². The molecular formula is C13H17ClN2O3. The van der Waals surface area contributed by atoms with Gasteiger partial charge < -0.3 is 16.2 Å². The predicted molar refractivity (Wildman–Crippen MR) is 74.5 cm³/mol. The molecule has 1 aromatic rings. The fourth-order valence-corrected chi connectivity index (χ4v) is 2.10. The molecule has 0 aliphatic heterocycles. The highest BCUT2D eigenvalue weighted by atomic mass is 35.5. The third-order valence-electron chi connectivity index (χ3n) is 2.66. The number of carbonyl (C=O) groups excluding carboxylic acids is 1. The number of hydrogen-bond acceptors (Lipinski definition) is 3. The summed E-state index contributed by atoms with van der Waals surface area (Å²) in [4.78, 5) is 21.8. The van der Waals surface area contributed by atoms with Crippen LogP contribution in [-0.2, 0) is 4.79 Å². The molecule has 0 aromatic heterocycles. The molecule has 0 bridgehead atoms. The number of halogens is 1. The monoisotopic (exact) mass is 284 g/mol. The summed E-state index contributed by atoms with van der Waals surface area (Å²) >= 11 is 5.93. The summed E-state index contributed by atoms with van der Waals surface area (Å²) in [6.07, 6.45) is 1.64. The van der Waals surface area contributed by atoms with Gasteiger partial charge in [-0.05, 0) is 24.6 Å². The van der Waals surface area contributed by atoms with Crippen LogP contribution < -0.4 is 11.1 Å². The van der Waals surface area contributed by atoms with Crippen molar-refractivity contribution in [2.75, 3.05) is 5.32 Å². The molecule has 0 saturated carbocycles. The maximum Gasteiger partial charge on any atom is 0.305 e. The molecule has 1 unspecified atom stereocenters. The molecule has 0 heterocycles. The average Bonchev–Trinajstić information content (AvgIpc) is 2.27. The SMILES string of the molecule is CCCC(CC(=O)O)Nc1ccc(C(N)=O)c(Cl)c1. The van der Waals surface area contributed by atoms with Gasteiger partial charge in [0, 0.05) is 11.7 Å². The van der Waals surface area contributed by atoms with Gasteiger partial charge in [0.25, 0.3) is 0 Å². The molecule has 19 heavy (non-hydrogen) atoms. The molecular weight excluding hydrogens is 268 g/mol. The molecule has 104 valence electrons. The fourth-order valence-electron chi connectivity index (χ4n) is 1.82. The Balaban J connectivity index is 2.82. The highest BCUT2D eigenvalue weighted by Crippen LogP contribution is 2.22. The lowest BCUT2D eigenvalue weighted by Crippen LogP contribution is -2.23. The normalized spacial score (nSPS) is 11.9. The molecule has 0 aliphatic carbocycles. The lowest BCUT2D eigenvalue weighted by molar-refractivity contribution is -0.137. The average molecular weight is 285 g/mol. The topological polar surface area (TPSA) is 92.4 Å². The smallest absolute Gasteiger partial charge is 0.305 e. The standard InChI is InChI=1S/C13H17ClN2O3/c1-2-3-8(7-12(17)18)16-9-4-5-10(13(15)19)11(14)6-9/h4-6,8,16H,2-3,7H2,1H3,(H2,15,19)(H,17,18). The number of hydrogen-bond donors (Lipinski definition) is 3. The molecule has 1 aromatic carbocycles. The Morgan fingerprint density at radius 3 is 2.63 bits per heavy atom. The van der Waals surface area contributed by atoms with Gasteiger partial charge in [-0.1, -0.05) is 24.9 Å². The van der Waals surface area contributed by atoms with Crippen LogP contribution in [0.15, 0.2) is 18.2 Å². The maximum absolute atomic E-state index is 11.0. The number of nitrogens with one attached hydrogen (secondary N) is 1. The Kier molecular flexibility index (Phi) is 5.63. The lowest BCUT2D eigenvalue weighted by atomic mass is 10.1. The molecule has 1 atom stereocenters. The van der Waals surface area contributed by atoms with Crippen molar-refractivity contribution in [2.24, 2.45) is 5.73 Å². The van der Waals surface area contributed by atoms with Crippen molar-refractivity contribution in [3.8, 4) is 0 Å². The zero-order valence-electron chi connectivity index (χ0n) is 10.6. The van der Waals surface area contributed by atoms with Crippen LogP contribution >= 0.6 is 11.6 Å². The van der Waals surface area contributed by atoms with Gasteiger partial charge in [-0.2, -0.15) is 0 Å². The van der Waals surface area contributed by atoms with Gasteiger partial charge in [0.1, 0.15) is 0 Å². The van der Waals surface area contributed by atoms with Crippen LogP contribution in [0.25, 0.3) is 0 Å². The third kappa shape index (κ3) is 4.79. The number of carboxylic acid groups (broad SMARTS) is 1. The van der Waals surface area contributed by atoms with Gasteiger partial charge in [0.15, 0.2) is 0 Å². The van der Waals surface area contributed by atoms with E-state index in [0.29, 0.717) is 5.69 Å². The number of carbonyl (C=O) groups is 2. The molecule has 1 rings (SSSR count). The number of benzene rings is 1. The number of carboxylic acids is 1. The molecule has 6 heteroatoms. The van der Waals surface area contributed by atoms with E-state index < -0.39 is 11.9 Å². The number of aliphatic carboxylic acids is 1. The van der Waals surface area contributed by atoms with E-state index in [1.165, 1.54) is 6.07 Å². The molecule has 0 spiro atoms. The quantitative estimate of drug-likeness (QED) is 0.717. The molecule has 1 amide bonds. The summed E-state index contributed by atoms with van der Waals surface area (Å²) in [5.41, 5.74) is 6.08. The molecule has 0 aliphatic rings. The predicted octanol–water partition coefficient (Wildman–Crippen LogP) is 2.49. The molecule has 5 nitrogen and oxygen atoms in total. The molecule has 0 radical (unpaired) electrons. The Morgan fingerprint density at radius 1 is 1.47 bits per heavy atom. The van der Waals surface area contributed by atoms with E-state index in [9.17, 15) is 9.59 Å². The summed E-state index contributed by atoms with van der Waals surface area (Å²) in [5.74, 6) is -1.45. The Morgan fingerprint density at radius 2 is 2.16 bits per heavy atom. The largest absolute Gasteiger partial charge is 0.481 e. The zero-order chi connectivity index (χ0) is 14.4. The van der Waals surface area contributed by atoms with Crippen molar-refractivity contribution >= 4 is 29.2 Å². The highest BCUT2D eigenvalue weighted by molar-refractivity contribution is 6.34. The van der Waals surface area contributed by atoms with Gasteiger partial charge in [-0.25, -0.2) is 0 Å². The second-order valence-electron chi connectivity index (χ2n) is 4.29. The summed E-state index contributed by atoms with van der Waals surface area (Å²) < 4.78 is 0. The minimum atomic E-state index is -0.856. The number of nitrogens with two attached hydrogens (primary N) is 1. The van der Waals surface area contributed by atoms with Crippen LogP contribution in [0.4, 0.5) is 5.69 Å². The first-order chi connectivity index (χ1) is 8.93. The number of amides is 1. The van der Waals surface area contributed by atoms with Gasteiger partial charge in [-0.3, -0.25) is 9.59 Å². The third-order valence-corrected chi connectivity index (χ3v) is 2.98. The fraction of sp³-hybridized carbons (Fsp3) is 0.385. The molecule has 0 fully saturated rings.